The smallest absolute Gasteiger partial charge is 0.126 e. The van der Waals surface area contributed by atoms with Gasteiger partial charge in [0, 0.05) is 30.5 Å². The van der Waals surface area contributed by atoms with E-state index < -0.39 is 0 Å². The van der Waals surface area contributed by atoms with Crippen LogP contribution in [0.15, 0.2) is 18.5 Å². The summed E-state index contributed by atoms with van der Waals surface area (Å²) in [6.07, 6.45) is 8.59. The van der Waals surface area contributed by atoms with Gasteiger partial charge in [-0.15, -0.1) is 0 Å². The molecule has 88 valence electrons. The first-order valence-electron chi connectivity index (χ1n) is 6.19. The largest absolute Gasteiger partial charge is 0.493 e. The summed E-state index contributed by atoms with van der Waals surface area (Å²) < 4.78 is 5.75. The van der Waals surface area contributed by atoms with E-state index in [2.05, 4.69) is 17.2 Å². The topological polar surface area (TPSA) is 34.1 Å². The quantitative estimate of drug-likeness (QED) is 0.717. The summed E-state index contributed by atoms with van der Waals surface area (Å²) in [5, 5.41) is 3.48. The van der Waals surface area contributed by atoms with E-state index in [-0.39, 0.29) is 0 Å². The first-order valence-corrected chi connectivity index (χ1v) is 6.19. The van der Waals surface area contributed by atoms with Crippen LogP contribution in [0.5, 0.6) is 5.75 Å². The summed E-state index contributed by atoms with van der Waals surface area (Å²) in [4.78, 5) is 4.15. The molecule has 0 radical (unpaired) electrons. The van der Waals surface area contributed by atoms with Gasteiger partial charge in [0.2, 0.25) is 0 Å². The summed E-state index contributed by atoms with van der Waals surface area (Å²) >= 11 is 0. The lowest BCUT2D eigenvalue weighted by Gasteiger charge is -2.10. The molecule has 3 heteroatoms. The Morgan fingerprint density at radius 1 is 1.50 bits per heavy atom. The maximum atomic E-state index is 5.75. The maximum Gasteiger partial charge on any atom is 0.126 e. The van der Waals surface area contributed by atoms with Crippen LogP contribution < -0.4 is 10.1 Å². The standard InChI is InChI=1S/C13H20N2O/c1-2-3-8-16-13-6-7-14-9-11(13)10-15-12-4-5-12/h6-7,9,12,15H,2-5,8,10H2,1H3. The molecule has 3 nitrogen and oxygen atoms in total. The zero-order valence-corrected chi connectivity index (χ0v) is 9.91. The van der Waals surface area contributed by atoms with Crippen molar-refractivity contribution in [3.63, 3.8) is 0 Å². The van der Waals surface area contributed by atoms with Crippen molar-refractivity contribution >= 4 is 0 Å². The van der Waals surface area contributed by atoms with Crippen molar-refractivity contribution in [2.45, 2.75) is 45.2 Å². The summed E-state index contributed by atoms with van der Waals surface area (Å²) in [5.41, 5.74) is 1.17. The van der Waals surface area contributed by atoms with Gasteiger partial charge < -0.3 is 10.1 Å². The molecule has 1 saturated carbocycles. The highest BCUT2D eigenvalue weighted by Crippen LogP contribution is 2.22. The molecule has 0 amide bonds. The molecule has 0 aromatic carbocycles. The van der Waals surface area contributed by atoms with Crippen LogP contribution in [0.25, 0.3) is 0 Å². The van der Waals surface area contributed by atoms with Crippen molar-refractivity contribution in [1.82, 2.24) is 10.3 Å². The Morgan fingerprint density at radius 3 is 3.12 bits per heavy atom. The van der Waals surface area contributed by atoms with Crippen LogP contribution in [0.4, 0.5) is 0 Å². The van der Waals surface area contributed by atoms with Crippen LogP contribution in [0, 0.1) is 0 Å². The van der Waals surface area contributed by atoms with Crippen molar-refractivity contribution < 1.29 is 4.74 Å². The number of aromatic nitrogens is 1. The predicted molar refractivity (Wildman–Crippen MR) is 64.5 cm³/mol. The number of nitrogens with zero attached hydrogens (tertiary/aromatic N) is 1. The van der Waals surface area contributed by atoms with Crippen LogP contribution in [0.2, 0.25) is 0 Å². The van der Waals surface area contributed by atoms with E-state index in [4.69, 9.17) is 4.74 Å². The van der Waals surface area contributed by atoms with Gasteiger partial charge in [-0.3, -0.25) is 4.98 Å². The number of rotatable bonds is 7. The number of ether oxygens (including phenoxy) is 1. The van der Waals surface area contributed by atoms with E-state index in [1.165, 1.54) is 24.8 Å². The molecule has 0 saturated heterocycles. The number of hydrogen-bond donors (Lipinski definition) is 1. The Kier molecular flexibility index (Phi) is 4.17. The van der Waals surface area contributed by atoms with Gasteiger partial charge in [-0.1, -0.05) is 13.3 Å². The average molecular weight is 220 g/mol. The lowest BCUT2D eigenvalue weighted by Crippen LogP contribution is -2.16. The van der Waals surface area contributed by atoms with Gasteiger partial charge in [0.1, 0.15) is 5.75 Å². The third-order valence-electron chi connectivity index (χ3n) is 2.77. The summed E-state index contributed by atoms with van der Waals surface area (Å²) in [6.45, 7) is 3.85. The molecule has 0 bridgehead atoms. The number of hydrogen-bond acceptors (Lipinski definition) is 3. The van der Waals surface area contributed by atoms with E-state index in [1.807, 2.05) is 12.3 Å². The van der Waals surface area contributed by atoms with Gasteiger partial charge in [0.05, 0.1) is 6.61 Å². The first kappa shape index (κ1) is 11.4. The molecule has 0 spiro atoms. The lowest BCUT2D eigenvalue weighted by molar-refractivity contribution is 0.305. The van der Waals surface area contributed by atoms with Crippen LogP contribution in [-0.4, -0.2) is 17.6 Å². The Balaban J connectivity index is 1.87. The Hall–Kier alpha value is -1.09. The molecular weight excluding hydrogens is 200 g/mol. The lowest BCUT2D eigenvalue weighted by atomic mass is 10.2. The van der Waals surface area contributed by atoms with Gasteiger partial charge in [0.15, 0.2) is 0 Å². The van der Waals surface area contributed by atoms with Crippen LogP contribution in [-0.2, 0) is 6.54 Å². The monoisotopic (exact) mass is 220 g/mol. The predicted octanol–water partition coefficient (Wildman–Crippen LogP) is 2.51. The molecule has 1 aliphatic carbocycles. The van der Waals surface area contributed by atoms with Crippen LogP contribution >= 0.6 is 0 Å². The molecule has 1 aromatic heterocycles. The minimum Gasteiger partial charge on any atom is -0.493 e. The molecule has 0 unspecified atom stereocenters. The van der Waals surface area contributed by atoms with Gasteiger partial charge >= 0.3 is 0 Å². The second-order valence-electron chi connectivity index (χ2n) is 4.34. The number of unbranched alkanes of at least 4 members (excludes halogenated alkanes) is 1. The Morgan fingerprint density at radius 2 is 2.38 bits per heavy atom. The first-order chi connectivity index (χ1) is 7.90. The highest BCUT2D eigenvalue weighted by atomic mass is 16.5. The highest BCUT2D eigenvalue weighted by molar-refractivity contribution is 5.30. The Bertz CT molecular complexity index is 323. The van der Waals surface area contributed by atoms with Gasteiger partial charge in [-0.25, -0.2) is 0 Å². The van der Waals surface area contributed by atoms with E-state index >= 15 is 0 Å². The number of nitrogens with one attached hydrogen (secondary N) is 1. The fourth-order valence-corrected chi connectivity index (χ4v) is 1.56. The molecule has 0 atom stereocenters. The maximum absolute atomic E-state index is 5.75. The molecule has 2 rings (SSSR count). The van der Waals surface area contributed by atoms with E-state index in [1.54, 1.807) is 6.20 Å². The zero-order valence-electron chi connectivity index (χ0n) is 9.91. The highest BCUT2D eigenvalue weighted by Gasteiger charge is 2.20. The van der Waals surface area contributed by atoms with Gasteiger partial charge in [-0.05, 0) is 25.3 Å². The van der Waals surface area contributed by atoms with Gasteiger partial charge in [0.25, 0.3) is 0 Å². The van der Waals surface area contributed by atoms with Crippen molar-refractivity contribution in [3.05, 3.63) is 24.0 Å². The van der Waals surface area contributed by atoms with Crippen LogP contribution in [0.3, 0.4) is 0 Å². The average Bonchev–Trinajstić information content (AvgIpc) is 3.12. The molecular formula is C13H20N2O. The van der Waals surface area contributed by atoms with E-state index in [9.17, 15) is 0 Å². The third kappa shape index (κ3) is 3.49. The minimum atomic E-state index is 0.726. The van der Waals surface area contributed by atoms with E-state index in [0.717, 1.165) is 31.4 Å². The third-order valence-corrected chi connectivity index (χ3v) is 2.77. The van der Waals surface area contributed by atoms with E-state index in [0.29, 0.717) is 0 Å². The molecule has 16 heavy (non-hydrogen) atoms. The molecule has 1 aliphatic rings. The molecule has 1 fully saturated rings. The van der Waals surface area contributed by atoms with Gasteiger partial charge in [-0.2, -0.15) is 0 Å². The second-order valence-corrected chi connectivity index (χ2v) is 4.34. The number of pyridine rings is 1. The van der Waals surface area contributed by atoms with Crippen molar-refractivity contribution in [2.75, 3.05) is 6.61 Å². The summed E-state index contributed by atoms with van der Waals surface area (Å²) in [5.74, 6) is 0.983. The molecule has 1 N–H and O–H groups in total. The van der Waals surface area contributed by atoms with Crippen molar-refractivity contribution in [3.8, 4) is 5.75 Å². The summed E-state index contributed by atoms with van der Waals surface area (Å²) in [6, 6.07) is 2.68. The van der Waals surface area contributed by atoms with Crippen LogP contribution in [0.1, 0.15) is 38.2 Å². The Labute approximate surface area is 97.2 Å². The zero-order chi connectivity index (χ0) is 11.2. The molecule has 1 heterocycles. The minimum absolute atomic E-state index is 0.726. The second kappa shape index (κ2) is 5.85. The SMILES string of the molecule is CCCCOc1ccncc1CNC1CC1. The van der Waals surface area contributed by atoms with Crippen molar-refractivity contribution in [2.24, 2.45) is 0 Å². The summed E-state index contributed by atoms with van der Waals surface area (Å²) in [7, 11) is 0. The molecule has 0 aliphatic heterocycles. The molecule has 1 aromatic rings. The normalized spacial score (nSPS) is 15.1. The van der Waals surface area contributed by atoms with Crippen molar-refractivity contribution in [1.29, 1.82) is 0 Å². The fourth-order valence-electron chi connectivity index (χ4n) is 1.56. The fraction of sp³-hybridized carbons (Fsp3) is 0.615.